The van der Waals surface area contributed by atoms with E-state index in [9.17, 15) is 30.4 Å². The summed E-state index contributed by atoms with van der Waals surface area (Å²) in [6.07, 6.45) is 2.00. The van der Waals surface area contributed by atoms with Crippen molar-refractivity contribution in [1.29, 1.82) is 10.7 Å². The molecule has 2 rings (SSSR count). The van der Waals surface area contributed by atoms with Crippen molar-refractivity contribution in [1.82, 2.24) is 0 Å². The number of sulfone groups is 1. The van der Waals surface area contributed by atoms with E-state index in [1.54, 1.807) is 0 Å². The average Bonchev–Trinajstić information content (AvgIpc) is 3.07. The predicted molar refractivity (Wildman–Crippen MR) is 184 cm³/mol. The molecular weight excluding hydrogens is 675 g/mol. The minimum Gasteiger partial charge on any atom is -0.257 e. The molecule has 0 saturated carbocycles. The van der Waals surface area contributed by atoms with E-state index in [0.717, 1.165) is 29.6 Å². The molecule has 2 atom stereocenters. The van der Waals surface area contributed by atoms with E-state index in [1.807, 2.05) is 53.1 Å². The Balaban J connectivity index is 1.97. The summed E-state index contributed by atoms with van der Waals surface area (Å²) in [5, 5.41) is 13.1. The molecule has 2 unspecified atom stereocenters. The van der Waals surface area contributed by atoms with Crippen LogP contribution in [0.4, 0.5) is 33.3 Å². The van der Waals surface area contributed by atoms with Gasteiger partial charge in [0.1, 0.15) is 25.9 Å². The van der Waals surface area contributed by atoms with Crippen molar-refractivity contribution in [3.8, 4) is 6.07 Å². The minimum absolute atomic E-state index is 0.120. The van der Waals surface area contributed by atoms with Crippen LogP contribution in [0, 0.1) is 29.9 Å². The number of unbranched alkanes of at least 4 members (excludes halogenated alkanes) is 6. The highest BCUT2D eigenvalue weighted by atomic mass is 32.2. The first-order valence-corrected chi connectivity index (χ1v) is 17.5. The van der Waals surface area contributed by atoms with E-state index in [1.165, 1.54) is 11.9 Å². The number of halogens is 5. The quantitative estimate of drug-likeness (QED) is 0.0387. The molecule has 0 bridgehead atoms. The van der Waals surface area contributed by atoms with E-state index in [-0.39, 0.29) is 19.3 Å². The zero-order valence-electron chi connectivity index (χ0n) is 27.9. The number of allylic oxidation sites excluding steroid dienone is 6. The van der Waals surface area contributed by atoms with Gasteiger partial charge < -0.3 is 0 Å². The van der Waals surface area contributed by atoms with E-state index in [4.69, 9.17) is 23.8 Å². The Morgan fingerprint density at radius 1 is 0.880 bits per heavy atom. The maximum Gasteiger partial charge on any atom is 0.518 e. The number of nitrogens with zero attached hydrogens (tertiary/aromatic N) is 5. The molecule has 0 spiro atoms. The molecule has 1 aliphatic carbocycles. The summed E-state index contributed by atoms with van der Waals surface area (Å²) < 4.78 is 98.1. The average molecular weight is 717 g/mol. The molecule has 0 radical (unpaired) electrons. The number of hydrogen-bond donors (Lipinski definition) is 1. The Kier molecular flexibility index (Phi) is 15.2. The lowest BCUT2D eigenvalue weighted by atomic mass is 9.94. The second kappa shape index (κ2) is 18.3. The predicted octanol–water partition coefficient (Wildman–Crippen LogP) is 8.89. The van der Waals surface area contributed by atoms with Gasteiger partial charge in [0, 0.05) is 61.5 Å². The van der Waals surface area contributed by atoms with Crippen molar-refractivity contribution in [3.63, 3.8) is 0 Å². The van der Waals surface area contributed by atoms with Gasteiger partial charge in [-0.25, -0.2) is 44.6 Å². The van der Waals surface area contributed by atoms with Gasteiger partial charge in [-0.15, -0.1) is 0 Å². The van der Waals surface area contributed by atoms with E-state index >= 15 is 0 Å². The van der Waals surface area contributed by atoms with Crippen LogP contribution in [0.2, 0.25) is 0 Å². The topological polar surface area (TPSA) is 96.5 Å². The monoisotopic (exact) mass is 716 g/mol. The third kappa shape index (κ3) is 10.6. The van der Waals surface area contributed by atoms with Crippen LogP contribution in [-0.4, -0.2) is 72.0 Å². The summed E-state index contributed by atoms with van der Waals surface area (Å²) >= 11 is 0. The Hall–Kier alpha value is -4.70. The van der Waals surface area contributed by atoms with Gasteiger partial charge in [0.25, 0.3) is 0 Å². The highest BCUT2D eigenvalue weighted by Crippen LogP contribution is 2.42. The van der Waals surface area contributed by atoms with Crippen molar-refractivity contribution in [3.05, 3.63) is 88.5 Å². The highest BCUT2D eigenvalue weighted by Gasteiger charge is 2.69. The Bertz CT molecular complexity index is 1750. The van der Waals surface area contributed by atoms with Crippen LogP contribution in [0.3, 0.4) is 0 Å². The number of alkyl halides is 5. The van der Waals surface area contributed by atoms with Gasteiger partial charge in [-0.05, 0) is 56.8 Å². The van der Waals surface area contributed by atoms with Gasteiger partial charge in [-0.3, -0.25) is 5.41 Å². The molecule has 0 saturated heterocycles. The molecule has 1 aliphatic rings. The molecular formula is C36H41F5N6O2S+2. The second-order valence-electron chi connectivity index (χ2n) is 12.1. The standard InChI is InChI=1S/C36H41F5N6O2S/c1-28-14-16-30(17-15-28)47(25-13-9-7-11-23-35(38,36(39,40)41)33(44-3)45-4)31-20-18-29(19-21-31)46(5)24-12-8-6-10-22-34(2,37)50(48,49)32(26-42)27-43/h14-21,33,42H,1,5-13,22-25H2,2H3/q+2. The lowest BCUT2D eigenvalue weighted by Crippen LogP contribution is -2.48. The zero-order chi connectivity index (χ0) is 37.6. The minimum atomic E-state index is -5.31. The lowest BCUT2D eigenvalue weighted by molar-refractivity contribution is -0.441. The fourth-order valence-corrected chi connectivity index (χ4v) is 6.40. The Labute approximate surface area is 291 Å². The highest BCUT2D eigenvalue weighted by molar-refractivity contribution is 7.97. The zero-order valence-corrected chi connectivity index (χ0v) is 28.8. The summed E-state index contributed by atoms with van der Waals surface area (Å²) in [5.41, 5.74) is -0.469. The smallest absolute Gasteiger partial charge is 0.257 e. The van der Waals surface area contributed by atoms with Crippen molar-refractivity contribution in [2.75, 3.05) is 13.1 Å². The van der Waals surface area contributed by atoms with Crippen LogP contribution in [0.1, 0.15) is 71.1 Å². The summed E-state index contributed by atoms with van der Waals surface area (Å²) in [4.78, 5) is 4.10. The first-order chi connectivity index (χ1) is 23.5. The second-order valence-corrected chi connectivity index (χ2v) is 14.4. The fraction of sp³-hybridized carbons (Fsp3) is 0.472. The molecule has 0 aliphatic heterocycles. The molecule has 1 N–H and O–H groups in total. The third-order valence-corrected chi connectivity index (χ3v) is 10.5. The molecule has 0 aromatic heterocycles. The van der Waals surface area contributed by atoms with Crippen molar-refractivity contribution >= 4 is 39.5 Å². The summed E-state index contributed by atoms with van der Waals surface area (Å²) in [6.45, 7) is 23.6. The van der Waals surface area contributed by atoms with Gasteiger partial charge in [-0.2, -0.15) is 23.0 Å². The van der Waals surface area contributed by atoms with Crippen LogP contribution in [0.15, 0.2) is 65.6 Å². The van der Waals surface area contributed by atoms with Crippen LogP contribution in [-0.2, 0) is 9.84 Å². The number of rotatable bonds is 19. The van der Waals surface area contributed by atoms with E-state index in [0.29, 0.717) is 51.6 Å². The first-order valence-electron chi connectivity index (χ1n) is 16.0. The maximum absolute atomic E-state index is 14.8. The van der Waals surface area contributed by atoms with E-state index < -0.39 is 44.2 Å². The molecule has 14 heteroatoms. The maximum atomic E-state index is 14.8. The number of benzene rings is 1. The molecule has 0 amide bonds. The van der Waals surface area contributed by atoms with Crippen molar-refractivity contribution < 1.29 is 39.5 Å². The van der Waals surface area contributed by atoms with Gasteiger partial charge in [0.15, 0.2) is 0 Å². The van der Waals surface area contributed by atoms with Gasteiger partial charge in [-0.1, -0.05) is 19.4 Å². The van der Waals surface area contributed by atoms with Crippen LogP contribution < -0.4 is 0 Å². The van der Waals surface area contributed by atoms with Crippen molar-refractivity contribution in [2.45, 2.75) is 94.1 Å². The SMILES string of the molecule is [C-]#[N+]C([N+]#[C-])C(F)(CCCCCC[N+](=C1C=CC(=C)C=C1)c1ccc([N+](=C)CCCCCCC(C)(F)S(=O)(=O)C(=C=N)C#N)cc1)C(F)(F)F. The fourth-order valence-electron chi connectivity index (χ4n) is 5.31. The summed E-state index contributed by atoms with van der Waals surface area (Å²) in [6, 6.07) is 8.94. The molecule has 1 aromatic rings. The van der Waals surface area contributed by atoms with Crippen LogP contribution >= 0.6 is 0 Å². The Morgan fingerprint density at radius 2 is 1.38 bits per heavy atom. The van der Waals surface area contributed by atoms with Gasteiger partial charge >= 0.3 is 18.0 Å². The molecule has 0 fully saturated rings. The molecule has 266 valence electrons. The lowest BCUT2D eigenvalue weighted by Gasteiger charge is -2.22. The number of nitriles is 1. The van der Waals surface area contributed by atoms with Crippen molar-refractivity contribution in [2.24, 2.45) is 0 Å². The molecule has 8 nitrogen and oxygen atoms in total. The molecule has 0 heterocycles. The first kappa shape index (κ1) is 41.5. The number of nitrogens with one attached hydrogen (secondary N) is 1. The van der Waals surface area contributed by atoms with Crippen LogP contribution in [0.25, 0.3) is 9.69 Å². The van der Waals surface area contributed by atoms with Crippen LogP contribution in [0.5, 0.6) is 0 Å². The normalized spacial score (nSPS) is 15.3. The van der Waals surface area contributed by atoms with E-state index in [2.05, 4.69) is 27.6 Å². The van der Waals surface area contributed by atoms with Gasteiger partial charge in [0.05, 0.1) is 0 Å². The largest absolute Gasteiger partial charge is 0.518 e. The molecule has 1 aromatic carbocycles. The molecule has 50 heavy (non-hydrogen) atoms. The summed E-state index contributed by atoms with van der Waals surface area (Å²) in [5.74, 6) is 1.49. The number of hydrogen-bond acceptors (Lipinski definition) is 4. The summed E-state index contributed by atoms with van der Waals surface area (Å²) in [7, 11) is -4.59. The Morgan fingerprint density at radius 3 is 1.88 bits per heavy atom. The van der Waals surface area contributed by atoms with Gasteiger partial charge in [0.2, 0.25) is 36.8 Å². The third-order valence-electron chi connectivity index (χ3n) is 8.42.